The minimum absolute atomic E-state index is 0.0802. The Morgan fingerprint density at radius 2 is 2.00 bits per heavy atom. The number of carbonyl (C=O) groups excluding carboxylic acids is 2. The third kappa shape index (κ3) is 3.10. The maximum Gasteiger partial charge on any atom is 0.194 e. The normalized spacial score (nSPS) is 10.2. The number of Topliss-reactive ketones (excluding diaryl/α,β-unsaturated/α-hetero) is 2. The van der Waals surface area contributed by atoms with Crippen molar-refractivity contribution in [1.82, 2.24) is 0 Å². The number of methoxy groups -OCH3 is 1. The summed E-state index contributed by atoms with van der Waals surface area (Å²) in [5.41, 5.74) is 0.556. The summed E-state index contributed by atoms with van der Waals surface area (Å²) in [7, 11) is 1.55. The third-order valence-corrected chi connectivity index (χ3v) is 2.74. The molecular formula is C15H14O4. The highest BCUT2D eigenvalue weighted by Crippen LogP contribution is 2.16. The smallest absolute Gasteiger partial charge is 0.194 e. The minimum atomic E-state index is -0.153. The van der Waals surface area contributed by atoms with Gasteiger partial charge in [0.2, 0.25) is 0 Å². The van der Waals surface area contributed by atoms with Crippen LogP contribution in [0.1, 0.15) is 33.6 Å². The Balaban J connectivity index is 2.13. The van der Waals surface area contributed by atoms with Gasteiger partial charge in [-0.15, -0.1) is 0 Å². The molecule has 0 saturated carbocycles. The fourth-order valence-corrected chi connectivity index (χ4v) is 1.72. The van der Waals surface area contributed by atoms with Gasteiger partial charge >= 0.3 is 0 Å². The van der Waals surface area contributed by atoms with Crippen LogP contribution in [0.15, 0.2) is 40.8 Å². The van der Waals surface area contributed by atoms with Gasteiger partial charge in [0.15, 0.2) is 17.3 Å². The highest BCUT2D eigenvalue weighted by molar-refractivity contribution is 5.97. The molecule has 0 N–H and O–H groups in total. The second-order valence-electron chi connectivity index (χ2n) is 4.15. The van der Waals surface area contributed by atoms with Gasteiger partial charge in [-0.2, -0.15) is 0 Å². The average Bonchev–Trinajstić information content (AvgIpc) is 2.87. The van der Waals surface area contributed by atoms with E-state index in [9.17, 15) is 9.59 Å². The van der Waals surface area contributed by atoms with Gasteiger partial charge in [0, 0.05) is 12.5 Å². The summed E-state index contributed by atoms with van der Waals surface area (Å²) in [5, 5.41) is 0. The number of hydrogen-bond acceptors (Lipinski definition) is 4. The van der Waals surface area contributed by atoms with Crippen LogP contribution in [0.5, 0.6) is 5.75 Å². The molecule has 0 aliphatic heterocycles. The lowest BCUT2D eigenvalue weighted by Crippen LogP contribution is -2.03. The van der Waals surface area contributed by atoms with Crippen LogP contribution in [0, 0.1) is 0 Å². The van der Waals surface area contributed by atoms with Crippen LogP contribution < -0.4 is 4.74 Å². The summed E-state index contributed by atoms with van der Waals surface area (Å²) in [6, 6.07) is 10.2. The molecule has 0 radical (unpaired) electrons. The lowest BCUT2D eigenvalue weighted by molar-refractivity contribution is 0.0963. The number of rotatable bonds is 5. The summed E-state index contributed by atoms with van der Waals surface area (Å²) in [6.07, 6.45) is 0.125. The van der Waals surface area contributed by atoms with Crippen molar-refractivity contribution < 1.29 is 18.7 Å². The van der Waals surface area contributed by atoms with E-state index in [1.165, 1.54) is 6.92 Å². The largest absolute Gasteiger partial charge is 0.497 e. The highest BCUT2D eigenvalue weighted by atomic mass is 16.5. The van der Waals surface area contributed by atoms with Crippen molar-refractivity contribution in [2.24, 2.45) is 0 Å². The second-order valence-corrected chi connectivity index (χ2v) is 4.15. The lowest BCUT2D eigenvalue weighted by Gasteiger charge is -2.02. The van der Waals surface area contributed by atoms with Crippen molar-refractivity contribution in [2.45, 2.75) is 13.3 Å². The number of ketones is 2. The van der Waals surface area contributed by atoms with Crippen LogP contribution >= 0.6 is 0 Å². The Morgan fingerprint density at radius 1 is 1.21 bits per heavy atom. The zero-order valence-electron chi connectivity index (χ0n) is 10.8. The molecule has 0 unspecified atom stereocenters. The first-order valence-corrected chi connectivity index (χ1v) is 5.87. The van der Waals surface area contributed by atoms with Crippen LogP contribution in [0.3, 0.4) is 0 Å². The third-order valence-electron chi connectivity index (χ3n) is 2.74. The molecule has 0 bridgehead atoms. The molecule has 4 nitrogen and oxygen atoms in total. The molecule has 1 aromatic heterocycles. The topological polar surface area (TPSA) is 56.5 Å². The van der Waals surface area contributed by atoms with Gasteiger partial charge in [-0.05, 0) is 24.3 Å². The van der Waals surface area contributed by atoms with Gasteiger partial charge in [0.1, 0.15) is 11.5 Å². The van der Waals surface area contributed by atoms with Crippen LogP contribution in [0.4, 0.5) is 0 Å². The second kappa shape index (κ2) is 5.52. The summed E-state index contributed by atoms with van der Waals surface area (Å²) >= 11 is 0. The van der Waals surface area contributed by atoms with E-state index in [0.29, 0.717) is 17.1 Å². The standard InChI is InChI=1S/C15H14O4/c1-10(16)15-7-6-13(19-15)9-14(17)11-4-3-5-12(8-11)18-2/h3-8H,9H2,1-2H3. The van der Waals surface area contributed by atoms with Crippen molar-refractivity contribution in [2.75, 3.05) is 7.11 Å². The summed E-state index contributed by atoms with van der Waals surface area (Å²) < 4.78 is 10.4. The number of benzene rings is 1. The van der Waals surface area contributed by atoms with Gasteiger partial charge in [0.05, 0.1) is 13.5 Å². The molecular weight excluding hydrogens is 244 g/mol. The van der Waals surface area contributed by atoms with Crippen molar-refractivity contribution in [3.05, 3.63) is 53.5 Å². The number of ether oxygens (including phenoxy) is 1. The average molecular weight is 258 g/mol. The molecule has 0 amide bonds. The molecule has 19 heavy (non-hydrogen) atoms. The first kappa shape index (κ1) is 13.1. The van der Waals surface area contributed by atoms with E-state index in [1.807, 2.05) is 0 Å². The number of furan rings is 1. The summed E-state index contributed by atoms with van der Waals surface area (Å²) in [4.78, 5) is 23.2. The Morgan fingerprint density at radius 3 is 2.63 bits per heavy atom. The molecule has 4 heteroatoms. The van der Waals surface area contributed by atoms with Gasteiger partial charge in [-0.3, -0.25) is 9.59 Å². The summed E-state index contributed by atoms with van der Waals surface area (Å²) in [5.74, 6) is 1.16. The van der Waals surface area contributed by atoms with E-state index < -0.39 is 0 Å². The maximum atomic E-state index is 12.1. The molecule has 1 aromatic carbocycles. The fraction of sp³-hybridized carbons (Fsp3) is 0.200. The van der Waals surface area contributed by atoms with Crippen LogP contribution in [-0.4, -0.2) is 18.7 Å². The van der Waals surface area contributed by atoms with Crippen molar-refractivity contribution in [3.8, 4) is 5.75 Å². The molecule has 2 aromatic rings. The highest BCUT2D eigenvalue weighted by Gasteiger charge is 2.12. The zero-order valence-corrected chi connectivity index (χ0v) is 10.8. The first-order chi connectivity index (χ1) is 9.10. The Hall–Kier alpha value is -2.36. The molecule has 0 aliphatic carbocycles. The Labute approximate surface area is 111 Å². The Kier molecular flexibility index (Phi) is 3.80. The van der Waals surface area contributed by atoms with E-state index in [0.717, 1.165) is 0 Å². The zero-order chi connectivity index (χ0) is 13.8. The van der Waals surface area contributed by atoms with E-state index in [1.54, 1.807) is 43.5 Å². The molecule has 0 fully saturated rings. The van der Waals surface area contributed by atoms with Gasteiger partial charge < -0.3 is 9.15 Å². The van der Waals surface area contributed by atoms with Crippen LogP contribution in [0.25, 0.3) is 0 Å². The summed E-state index contributed by atoms with van der Waals surface area (Å²) in [6.45, 7) is 1.42. The van der Waals surface area contributed by atoms with Gasteiger partial charge in [0.25, 0.3) is 0 Å². The fourth-order valence-electron chi connectivity index (χ4n) is 1.72. The van der Waals surface area contributed by atoms with Crippen LogP contribution in [0.2, 0.25) is 0 Å². The van der Waals surface area contributed by atoms with E-state index >= 15 is 0 Å². The van der Waals surface area contributed by atoms with E-state index in [4.69, 9.17) is 9.15 Å². The predicted molar refractivity (Wildman–Crippen MR) is 69.7 cm³/mol. The molecule has 0 spiro atoms. The number of hydrogen-bond donors (Lipinski definition) is 0. The van der Waals surface area contributed by atoms with Gasteiger partial charge in [-0.25, -0.2) is 0 Å². The Bertz CT molecular complexity index is 610. The molecule has 2 rings (SSSR count). The first-order valence-electron chi connectivity index (χ1n) is 5.87. The molecule has 0 atom stereocenters. The van der Waals surface area contributed by atoms with Crippen LogP contribution in [-0.2, 0) is 6.42 Å². The monoisotopic (exact) mass is 258 g/mol. The van der Waals surface area contributed by atoms with E-state index in [2.05, 4.69) is 0 Å². The molecule has 98 valence electrons. The number of carbonyl (C=O) groups is 2. The molecule has 1 heterocycles. The molecule has 0 aliphatic rings. The predicted octanol–water partition coefficient (Wildman–Crippen LogP) is 2.92. The van der Waals surface area contributed by atoms with Crippen molar-refractivity contribution in [3.63, 3.8) is 0 Å². The maximum absolute atomic E-state index is 12.1. The van der Waals surface area contributed by atoms with Crippen molar-refractivity contribution in [1.29, 1.82) is 0 Å². The minimum Gasteiger partial charge on any atom is -0.497 e. The van der Waals surface area contributed by atoms with Crippen molar-refractivity contribution >= 4 is 11.6 Å². The molecule has 0 saturated heterocycles. The lowest BCUT2D eigenvalue weighted by atomic mass is 10.1. The van der Waals surface area contributed by atoms with E-state index in [-0.39, 0.29) is 23.7 Å². The quantitative estimate of drug-likeness (QED) is 0.774. The SMILES string of the molecule is COc1cccc(C(=O)Cc2ccc(C(C)=O)o2)c1. The van der Waals surface area contributed by atoms with Gasteiger partial charge in [-0.1, -0.05) is 12.1 Å².